The van der Waals surface area contributed by atoms with Gasteiger partial charge in [0.05, 0.1) is 10.6 Å². The van der Waals surface area contributed by atoms with Gasteiger partial charge < -0.3 is 5.11 Å². The molecule has 33 heavy (non-hydrogen) atoms. The van der Waals surface area contributed by atoms with E-state index in [1.54, 1.807) is 42.6 Å². The number of hydrogen-bond acceptors (Lipinski definition) is 5. The third-order valence-electron chi connectivity index (χ3n) is 6.00. The van der Waals surface area contributed by atoms with Crippen LogP contribution in [0.25, 0.3) is 16.9 Å². The van der Waals surface area contributed by atoms with Gasteiger partial charge in [0.25, 0.3) is 10.0 Å². The minimum absolute atomic E-state index is 0.0167. The van der Waals surface area contributed by atoms with Crippen LogP contribution in [0.2, 0.25) is 0 Å². The molecule has 168 valence electrons. The Hall–Kier alpha value is -3.65. The fraction of sp³-hybridized carbons (Fsp3) is 0.200. The summed E-state index contributed by atoms with van der Waals surface area (Å²) < 4.78 is 29.9. The zero-order valence-corrected chi connectivity index (χ0v) is 19.5. The molecule has 3 heterocycles. The molecule has 2 aromatic carbocycles. The molecule has 1 aliphatic heterocycles. The van der Waals surface area contributed by atoms with Gasteiger partial charge in [-0.05, 0) is 68.7 Å². The number of hydrogen-bond donors (Lipinski definition) is 1. The lowest BCUT2D eigenvalue weighted by molar-refractivity contribution is 0.427. The maximum absolute atomic E-state index is 13.5. The van der Waals surface area contributed by atoms with Gasteiger partial charge in [0.15, 0.2) is 5.82 Å². The van der Waals surface area contributed by atoms with Crippen LogP contribution in [0.1, 0.15) is 22.3 Å². The van der Waals surface area contributed by atoms with E-state index >= 15 is 0 Å². The number of pyridine rings is 1. The Morgan fingerprint density at radius 3 is 2.45 bits per heavy atom. The number of nitrogens with zero attached hydrogens (tertiary/aromatic N) is 4. The Bertz CT molecular complexity index is 1470. The van der Waals surface area contributed by atoms with E-state index in [2.05, 4.69) is 4.98 Å². The van der Waals surface area contributed by atoms with Gasteiger partial charge in [-0.25, -0.2) is 22.4 Å². The molecule has 0 atom stereocenters. The second-order valence-electron chi connectivity index (χ2n) is 8.37. The highest BCUT2D eigenvalue weighted by atomic mass is 32.2. The molecule has 0 unspecified atom stereocenters. The first-order chi connectivity index (χ1) is 15.8. The first kappa shape index (κ1) is 21.2. The smallest absolute Gasteiger partial charge is 0.265 e. The summed E-state index contributed by atoms with van der Waals surface area (Å²) in [5.74, 6) is 0.325. The SMILES string of the molecule is Cc1ccc(S(=O)(=O)N2CCc3c(nn(-c4cc(C)ccc4C)c3O)-c3cccnc32)cc1. The van der Waals surface area contributed by atoms with Crippen molar-refractivity contribution in [2.75, 3.05) is 10.8 Å². The Balaban J connectivity index is 1.67. The predicted molar refractivity (Wildman–Crippen MR) is 127 cm³/mol. The van der Waals surface area contributed by atoms with E-state index in [1.807, 2.05) is 39.0 Å². The van der Waals surface area contributed by atoms with Crippen molar-refractivity contribution in [1.29, 1.82) is 0 Å². The van der Waals surface area contributed by atoms with Crippen molar-refractivity contribution >= 4 is 15.8 Å². The Kier molecular flexibility index (Phi) is 4.97. The fourth-order valence-electron chi connectivity index (χ4n) is 4.17. The van der Waals surface area contributed by atoms with Gasteiger partial charge in [-0.15, -0.1) is 0 Å². The first-order valence-corrected chi connectivity index (χ1v) is 12.1. The molecule has 0 fully saturated rings. The van der Waals surface area contributed by atoms with E-state index < -0.39 is 10.0 Å². The summed E-state index contributed by atoms with van der Waals surface area (Å²) in [6.45, 7) is 6.00. The monoisotopic (exact) mass is 460 g/mol. The number of anilines is 1. The Labute approximate surface area is 193 Å². The molecular weight excluding hydrogens is 436 g/mol. The molecular formula is C25H24N4O3S. The van der Waals surface area contributed by atoms with Crippen LogP contribution in [0.3, 0.4) is 0 Å². The zero-order valence-electron chi connectivity index (χ0n) is 18.6. The third kappa shape index (κ3) is 3.47. The highest BCUT2D eigenvalue weighted by Crippen LogP contribution is 2.41. The van der Waals surface area contributed by atoms with E-state index in [0.717, 1.165) is 22.4 Å². The maximum Gasteiger partial charge on any atom is 0.265 e. The summed E-state index contributed by atoms with van der Waals surface area (Å²) in [6.07, 6.45) is 1.87. The number of aryl methyl sites for hydroxylation is 3. The van der Waals surface area contributed by atoms with Crippen molar-refractivity contribution in [1.82, 2.24) is 14.8 Å². The summed E-state index contributed by atoms with van der Waals surface area (Å²) in [4.78, 5) is 4.63. The molecule has 0 spiro atoms. The van der Waals surface area contributed by atoms with Crippen LogP contribution in [0.5, 0.6) is 5.88 Å². The third-order valence-corrected chi connectivity index (χ3v) is 7.80. The molecule has 1 aliphatic rings. The van der Waals surface area contributed by atoms with Crippen LogP contribution in [0, 0.1) is 20.8 Å². The van der Waals surface area contributed by atoms with Gasteiger partial charge in [-0.1, -0.05) is 29.8 Å². The van der Waals surface area contributed by atoms with E-state index in [1.165, 1.54) is 8.99 Å². The average molecular weight is 461 g/mol. The number of rotatable bonds is 3. The van der Waals surface area contributed by atoms with Gasteiger partial charge >= 0.3 is 0 Å². The average Bonchev–Trinajstić information content (AvgIpc) is 3.02. The molecule has 7 nitrogen and oxygen atoms in total. The quantitative estimate of drug-likeness (QED) is 0.492. The minimum Gasteiger partial charge on any atom is -0.493 e. The largest absolute Gasteiger partial charge is 0.493 e. The Morgan fingerprint density at radius 2 is 1.70 bits per heavy atom. The topological polar surface area (TPSA) is 88.3 Å². The number of benzene rings is 2. The lowest BCUT2D eigenvalue weighted by Gasteiger charge is -2.23. The molecule has 0 amide bonds. The van der Waals surface area contributed by atoms with Crippen molar-refractivity contribution in [2.24, 2.45) is 0 Å². The van der Waals surface area contributed by atoms with Crippen molar-refractivity contribution < 1.29 is 13.5 Å². The van der Waals surface area contributed by atoms with Crippen molar-refractivity contribution in [2.45, 2.75) is 32.1 Å². The normalized spacial score (nSPS) is 13.4. The van der Waals surface area contributed by atoms with E-state index in [0.29, 0.717) is 29.1 Å². The molecule has 8 heteroatoms. The van der Waals surface area contributed by atoms with E-state index in [9.17, 15) is 13.5 Å². The highest BCUT2D eigenvalue weighted by Gasteiger charge is 2.34. The van der Waals surface area contributed by atoms with Crippen LogP contribution in [0.4, 0.5) is 5.82 Å². The summed E-state index contributed by atoms with van der Waals surface area (Å²) in [6, 6.07) is 16.3. The lowest BCUT2D eigenvalue weighted by atomic mass is 10.1. The zero-order chi connectivity index (χ0) is 23.3. The van der Waals surface area contributed by atoms with Gasteiger partial charge in [0.2, 0.25) is 5.88 Å². The fourth-order valence-corrected chi connectivity index (χ4v) is 5.61. The van der Waals surface area contributed by atoms with Crippen LogP contribution in [-0.2, 0) is 16.4 Å². The molecule has 2 aromatic heterocycles. The van der Waals surface area contributed by atoms with E-state index in [4.69, 9.17) is 5.10 Å². The van der Waals surface area contributed by atoms with Gasteiger partial charge in [0.1, 0.15) is 5.69 Å². The number of aromatic nitrogens is 3. The first-order valence-electron chi connectivity index (χ1n) is 10.7. The number of sulfonamides is 1. The lowest BCUT2D eigenvalue weighted by Crippen LogP contribution is -2.33. The molecule has 0 saturated heterocycles. The number of fused-ring (bicyclic) bond motifs is 3. The summed E-state index contributed by atoms with van der Waals surface area (Å²) in [7, 11) is -3.84. The highest BCUT2D eigenvalue weighted by molar-refractivity contribution is 7.92. The van der Waals surface area contributed by atoms with Crippen LogP contribution >= 0.6 is 0 Å². The molecule has 1 N–H and O–H groups in total. The molecule has 0 radical (unpaired) electrons. The maximum atomic E-state index is 13.5. The second kappa shape index (κ2) is 7.74. The molecule has 0 saturated carbocycles. The van der Waals surface area contributed by atoms with Gasteiger partial charge in [-0.2, -0.15) is 5.10 Å². The summed E-state index contributed by atoms with van der Waals surface area (Å²) in [5, 5.41) is 15.9. The van der Waals surface area contributed by atoms with Crippen molar-refractivity contribution in [3.05, 3.63) is 83.0 Å². The minimum atomic E-state index is -3.84. The predicted octanol–water partition coefficient (Wildman–Crippen LogP) is 4.32. The molecule has 5 rings (SSSR count). The van der Waals surface area contributed by atoms with E-state index in [-0.39, 0.29) is 17.3 Å². The van der Waals surface area contributed by atoms with Crippen LogP contribution < -0.4 is 4.31 Å². The van der Waals surface area contributed by atoms with Crippen molar-refractivity contribution in [3.8, 4) is 22.8 Å². The molecule has 4 aromatic rings. The van der Waals surface area contributed by atoms with Crippen LogP contribution in [0.15, 0.2) is 65.7 Å². The van der Waals surface area contributed by atoms with Crippen molar-refractivity contribution in [3.63, 3.8) is 0 Å². The standard InChI is InChI=1S/C25H24N4O3S/c1-16-7-10-19(11-8-16)33(31,32)28-14-12-21-23(20-5-4-13-26-24(20)28)27-29(25(21)30)22-15-17(2)6-9-18(22)3/h4-11,13,15,30H,12,14H2,1-3H3. The second-order valence-corrected chi connectivity index (χ2v) is 10.2. The van der Waals surface area contributed by atoms with Gasteiger partial charge in [-0.3, -0.25) is 0 Å². The Morgan fingerprint density at radius 1 is 0.970 bits per heavy atom. The molecule has 0 aliphatic carbocycles. The molecule has 0 bridgehead atoms. The summed E-state index contributed by atoms with van der Waals surface area (Å²) >= 11 is 0. The summed E-state index contributed by atoms with van der Waals surface area (Å²) in [5.41, 5.74) is 5.51. The number of aromatic hydroxyl groups is 1. The van der Waals surface area contributed by atoms with Gasteiger partial charge in [0, 0.05) is 23.9 Å². The van der Waals surface area contributed by atoms with Crippen LogP contribution in [-0.4, -0.2) is 34.8 Å².